The minimum absolute atomic E-state index is 0.743. The maximum Gasteiger partial charge on any atom is 0.0825 e. The Labute approximate surface area is 108 Å². The molecule has 0 fully saturated rings. The highest BCUT2D eigenvalue weighted by Gasteiger charge is 2.08. The van der Waals surface area contributed by atoms with Crippen LogP contribution in [-0.4, -0.2) is 11.5 Å². The molecule has 0 bridgehead atoms. The SMILES string of the molecule is CCN(Cc1ncccc1N)c1cccc(C)c1. The third-order valence-corrected chi connectivity index (χ3v) is 3.01. The second-order valence-corrected chi connectivity index (χ2v) is 4.39. The summed E-state index contributed by atoms with van der Waals surface area (Å²) in [4.78, 5) is 6.62. The lowest BCUT2D eigenvalue weighted by Gasteiger charge is -2.23. The molecule has 18 heavy (non-hydrogen) atoms. The number of pyridine rings is 1. The van der Waals surface area contributed by atoms with E-state index < -0.39 is 0 Å². The molecule has 0 saturated heterocycles. The van der Waals surface area contributed by atoms with E-state index in [0.717, 1.165) is 24.5 Å². The first-order valence-corrected chi connectivity index (χ1v) is 6.21. The molecule has 0 aliphatic rings. The Morgan fingerprint density at radius 2 is 2.06 bits per heavy atom. The van der Waals surface area contributed by atoms with Crippen molar-refractivity contribution in [3.05, 3.63) is 53.9 Å². The van der Waals surface area contributed by atoms with Gasteiger partial charge in [0.2, 0.25) is 0 Å². The predicted octanol–water partition coefficient (Wildman–Crippen LogP) is 3.00. The van der Waals surface area contributed by atoms with Crippen molar-refractivity contribution < 1.29 is 0 Å². The molecule has 94 valence electrons. The first kappa shape index (κ1) is 12.4. The van der Waals surface area contributed by atoms with E-state index >= 15 is 0 Å². The first-order valence-electron chi connectivity index (χ1n) is 6.21. The molecular formula is C15H19N3. The van der Waals surface area contributed by atoms with Gasteiger partial charge in [-0.05, 0) is 43.7 Å². The first-order chi connectivity index (χ1) is 8.70. The third kappa shape index (κ3) is 2.80. The summed E-state index contributed by atoms with van der Waals surface area (Å²) in [6, 6.07) is 12.2. The zero-order chi connectivity index (χ0) is 13.0. The lowest BCUT2D eigenvalue weighted by molar-refractivity contribution is 0.811. The molecule has 0 aliphatic carbocycles. The Balaban J connectivity index is 2.23. The maximum absolute atomic E-state index is 5.94. The minimum atomic E-state index is 0.743. The molecular weight excluding hydrogens is 222 g/mol. The van der Waals surface area contributed by atoms with E-state index in [-0.39, 0.29) is 0 Å². The van der Waals surface area contributed by atoms with Crippen molar-refractivity contribution in [2.45, 2.75) is 20.4 Å². The minimum Gasteiger partial charge on any atom is -0.397 e. The van der Waals surface area contributed by atoms with E-state index in [2.05, 4.69) is 48.0 Å². The summed E-state index contributed by atoms with van der Waals surface area (Å²) in [5.74, 6) is 0. The van der Waals surface area contributed by atoms with Crippen LogP contribution in [0.3, 0.4) is 0 Å². The van der Waals surface area contributed by atoms with Crippen LogP contribution in [0.25, 0.3) is 0 Å². The molecule has 0 saturated carbocycles. The quantitative estimate of drug-likeness (QED) is 0.894. The highest BCUT2D eigenvalue weighted by molar-refractivity contribution is 5.51. The number of nitrogens with zero attached hydrogens (tertiary/aromatic N) is 2. The number of anilines is 2. The van der Waals surface area contributed by atoms with Crippen LogP contribution in [0, 0.1) is 6.92 Å². The molecule has 1 heterocycles. The molecule has 2 N–H and O–H groups in total. The van der Waals surface area contributed by atoms with Crippen LogP contribution >= 0.6 is 0 Å². The molecule has 1 aromatic heterocycles. The van der Waals surface area contributed by atoms with Gasteiger partial charge in [-0.2, -0.15) is 0 Å². The summed E-state index contributed by atoms with van der Waals surface area (Å²) >= 11 is 0. The van der Waals surface area contributed by atoms with Crippen molar-refractivity contribution >= 4 is 11.4 Å². The summed E-state index contributed by atoms with van der Waals surface area (Å²) in [6.45, 7) is 5.92. The molecule has 0 aliphatic heterocycles. The van der Waals surface area contributed by atoms with Gasteiger partial charge in [-0.1, -0.05) is 12.1 Å². The molecule has 0 spiro atoms. The van der Waals surface area contributed by atoms with Crippen LogP contribution in [0.1, 0.15) is 18.2 Å². The monoisotopic (exact) mass is 241 g/mol. The van der Waals surface area contributed by atoms with Gasteiger partial charge < -0.3 is 10.6 Å². The molecule has 2 aromatic rings. The Bertz CT molecular complexity index is 523. The third-order valence-electron chi connectivity index (χ3n) is 3.01. The van der Waals surface area contributed by atoms with Crippen LogP contribution in [0.2, 0.25) is 0 Å². The normalized spacial score (nSPS) is 10.3. The van der Waals surface area contributed by atoms with Gasteiger partial charge in [0.05, 0.1) is 17.9 Å². The maximum atomic E-state index is 5.94. The number of nitrogens with two attached hydrogens (primary N) is 1. The van der Waals surface area contributed by atoms with Crippen molar-refractivity contribution in [1.82, 2.24) is 4.98 Å². The summed E-state index contributed by atoms with van der Waals surface area (Å²) in [5, 5.41) is 0. The summed E-state index contributed by atoms with van der Waals surface area (Å²) < 4.78 is 0. The number of nitrogen functional groups attached to an aromatic ring is 1. The highest BCUT2D eigenvalue weighted by Crippen LogP contribution is 2.19. The molecule has 0 unspecified atom stereocenters. The van der Waals surface area contributed by atoms with Gasteiger partial charge in [0, 0.05) is 18.4 Å². The van der Waals surface area contributed by atoms with Crippen molar-refractivity contribution in [2.75, 3.05) is 17.2 Å². The van der Waals surface area contributed by atoms with Crippen LogP contribution < -0.4 is 10.6 Å². The van der Waals surface area contributed by atoms with Crippen molar-refractivity contribution in [1.29, 1.82) is 0 Å². The summed E-state index contributed by atoms with van der Waals surface area (Å²) in [5.41, 5.74) is 10.1. The van der Waals surface area contributed by atoms with Crippen LogP contribution in [0.5, 0.6) is 0 Å². The summed E-state index contributed by atoms with van der Waals surface area (Å²) in [7, 11) is 0. The molecule has 1 aromatic carbocycles. The van der Waals surface area contributed by atoms with E-state index in [1.807, 2.05) is 12.1 Å². The van der Waals surface area contributed by atoms with Crippen molar-refractivity contribution in [3.63, 3.8) is 0 Å². The largest absolute Gasteiger partial charge is 0.397 e. The lowest BCUT2D eigenvalue weighted by atomic mass is 10.2. The van der Waals surface area contributed by atoms with Gasteiger partial charge in [-0.15, -0.1) is 0 Å². The molecule has 2 rings (SSSR count). The average molecular weight is 241 g/mol. The number of aryl methyl sites for hydroxylation is 1. The lowest BCUT2D eigenvalue weighted by Crippen LogP contribution is -2.23. The molecule has 0 atom stereocenters. The zero-order valence-electron chi connectivity index (χ0n) is 10.9. The summed E-state index contributed by atoms with van der Waals surface area (Å²) in [6.07, 6.45) is 1.79. The fraction of sp³-hybridized carbons (Fsp3) is 0.267. The fourth-order valence-corrected chi connectivity index (χ4v) is 1.97. The molecule has 3 heteroatoms. The molecule has 0 amide bonds. The van der Waals surface area contributed by atoms with E-state index in [1.54, 1.807) is 6.20 Å². The van der Waals surface area contributed by atoms with E-state index in [0.29, 0.717) is 0 Å². The standard InChI is InChI=1S/C15H19N3/c1-3-18(13-7-4-6-12(2)10-13)11-15-14(16)8-5-9-17-15/h4-10H,3,11,16H2,1-2H3. The van der Waals surface area contributed by atoms with Crippen LogP contribution in [0.15, 0.2) is 42.6 Å². The van der Waals surface area contributed by atoms with Crippen LogP contribution in [-0.2, 0) is 6.54 Å². The molecule has 0 radical (unpaired) electrons. The van der Waals surface area contributed by atoms with Gasteiger partial charge >= 0.3 is 0 Å². The van der Waals surface area contributed by atoms with E-state index in [4.69, 9.17) is 5.73 Å². The van der Waals surface area contributed by atoms with Gasteiger partial charge in [-0.25, -0.2) is 0 Å². The topological polar surface area (TPSA) is 42.2 Å². The van der Waals surface area contributed by atoms with Gasteiger partial charge in [0.1, 0.15) is 0 Å². The Morgan fingerprint density at radius 3 is 2.72 bits per heavy atom. The fourth-order valence-electron chi connectivity index (χ4n) is 1.97. The van der Waals surface area contributed by atoms with Crippen molar-refractivity contribution in [3.8, 4) is 0 Å². The number of benzene rings is 1. The van der Waals surface area contributed by atoms with Gasteiger partial charge in [0.25, 0.3) is 0 Å². The number of rotatable bonds is 4. The number of aromatic nitrogens is 1. The van der Waals surface area contributed by atoms with E-state index in [9.17, 15) is 0 Å². The highest BCUT2D eigenvalue weighted by atomic mass is 15.1. The van der Waals surface area contributed by atoms with Crippen LogP contribution in [0.4, 0.5) is 11.4 Å². The Hall–Kier alpha value is -2.03. The zero-order valence-corrected chi connectivity index (χ0v) is 10.9. The number of hydrogen-bond acceptors (Lipinski definition) is 3. The smallest absolute Gasteiger partial charge is 0.0825 e. The van der Waals surface area contributed by atoms with Crippen molar-refractivity contribution in [2.24, 2.45) is 0 Å². The second-order valence-electron chi connectivity index (χ2n) is 4.39. The average Bonchev–Trinajstić information content (AvgIpc) is 2.38. The molecule has 3 nitrogen and oxygen atoms in total. The van der Waals surface area contributed by atoms with Gasteiger partial charge in [-0.3, -0.25) is 4.98 Å². The van der Waals surface area contributed by atoms with Gasteiger partial charge in [0.15, 0.2) is 0 Å². The number of hydrogen-bond donors (Lipinski definition) is 1. The Morgan fingerprint density at radius 1 is 1.22 bits per heavy atom. The predicted molar refractivity (Wildman–Crippen MR) is 76.6 cm³/mol. The second kappa shape index (κ2) is 5.54. The Kier molecular flexibility index (Phi) is 3.82. The van der Waals surface area contributed by atoms with E-state index in [1.165, 1.54) is 11.3 Å².